The van der Waals surface area contributed by atoms with Crippen LogP contribution in [0.4, 0.5) is 5.69 Å². The molecule has 1 fully saturated rings. The number of anilines is 1. The first-order chi connectivity index (χ1) is 11.3. The van der Waals surface area contributed by atoms with Crippen molar-refractivity contribution in [3.05, 3.63) is 59.7 Å². The van der Waals surface area contributed by atoms with E-state index in [2.05, 4.69) is 53.1 Å². The molecule has 0 N–H and O–H groups in total. The van der Waals surface area contributed by atoms with Gasteiger partial charge in [0.05, 0.1) is 7.11 Å². The molecule has 2 aromatic rings. The molecule has 3 rings (SSSR count). The summed E-state index contributed by atoms with van der Waals surface area (Å²) in [6.07, 6.45) is 4.75. The van der Waals surface area contributed by atoms with Gasteiger partial charge in [-0.1, -0.05) is 24.0 Å². The molecule has 2 heteroatoms. The van der Waals surface area contributed by atoms with Crippen molar-refractivity contribution in [3.63, 3.8) is 0 Å². The normalized spacial score (nSPS) is 14.0. The monoisotopic (exact) mass is 305 g/mol. The number of nitrogens with zero attached hydrogens (tertiary/aromatic N) is 1. The van der Waals surface area contributed by atoms with E-state index < -0.39 is 0 Å². The van der Waals surface area contributed by atoms with Gasteiger partial charge in [0.25, 0.3) is 0 Å². The first-order valence-electron chi connectivity index (χ1n) is 8.32. The summed E-state index contributed by atoms with van der Waals surface area (Å²) in [5.41, 5.74) is 3.62. The van der Waals surface area contributed by atoms with Gasteiger partial charge in [-0.05, 0) is 61.2 Å². The number of methoxy groups -OCH3 is 1. The summed E-state index contributed by atoms with van der Waals surface area (Å²) in [6, 6.07) is 16.7. The fourth-order valence-electron chi connectivity index (χ4n) is 2.90. The average molecular weight is 305 g/mol. The van der Waals surface area contributed by atoms with Crippen LogP contribution in [-0.2, 0) is 6.42 Å². The summed E-state index contributed by atoms with van der Waals surface area (Å²) < 4.78 is 5.16. The molecule has 0 unspecified atom stereocenters. The average Bonchev–Trinajstić information content (AvgIpc) is 2.64. The van der Waals surface area contributed by atoms with Gasteiger partial charge < -0.3 is 9.64 Å². The minimum atomic E-state index is 0.762. The Bertz CT molecular complexity index is 671. The van der Waals surface area contributed by atoms with Crippen LogP contribution < -0.4 is 9.64 Å². The Morgan fingerprint density at radius 2 is 1.61 bits per heavy atom. The van der Waals surface area contributed by atoms with Gasteiger partial charge in [-0.2, -0.15) is 0 Å². The van der Waals surface area contributed by atoms with E-state index in [1.54, 1.807) is 7.11 Å². The van der Waals surface area contributed by atoms with Crippen molar-refractivity contribution in [1.82, 2.24) is 0 Å². The Balaban J connectivity index is 1.59. The summed E-state index contributed by atoms with van der Waals surface area (Å²) in [5.74, 6) is 7.39. The standard InChI is InChI=1S/C21H23NO/c1-23-21-14-10-19(11-15-21)7-5-6-18-8-12-20(13-9-18)22-16-3-2-4-17-22/h8-15H,2-4,7,16-17H2,1H3. The molecular weight excluding hydrogens is 282 g/mol. The third kappa shape index (κ3) is 4.29. The molecule has 1 saturated heterocycles. The predicted octanol–water partition coefficient (Wildman–Crippen LogP) is 4.28. The van der Waals surface area contributed by atoms with Crippen LogP contribution in [0.5, 0.6) is 5.75 Å². The van der Waals surface area contributed by atoms with Crippen molar-refractivity contribution < 1.29 is 4.74 Å². The minimum absolute atomic E-state index is 0.762. The van der Waals surface area contributed by atoms with Crippen LogP contribution in [0.25, 0.3) is 0 Å². The Morgan fingerprint density at radius 3 is 2.26 bits per heavy atom. The highest BCUT2D eigenvalue weighted by Gasteiger charge is 2.09. The number of hydrogen-bond donors (Lipinski definition) is 0. The van der Waals surface area contributed by atoms with Crippen LogP contribution in [-0.4, -0.2) is 20.2 Å². The zero-order valence-corrected chi connectivity index (χ0v) is 13.7. The maximum Gasteiger partial charge on any atom is 0.118 e. The van der Waals surface area contributed by atoms with Crippen LogP contribution in [0.3, 0.4) is 0 Å². The van der Waals surface area contributed by atoms with Gasteiger partial charge in [-0.3, -0.25) is 0 Å². The third-order valence-corrected chi connectivity index (χ3v) is 4.27. The van der Waals surface area contributed by atoms with E-state index in [9.17, 15) is 0 Å². The fraction of sp³-hybridized carbons (Fsp3) is 0.333. The number of benzene rings is 2. The molecule has 0 bridgehead atoms. The Kier molecular flexibility index (Phi) is 5.21. The molecule has 0 amide bonds. The summed E-state index contributed by atoms with van der Waals surface area (Å²) in [6.45, 7) is 2.37. The number of ether oxygens (including phenoxy) is 1. The third-order valence-electron chi connectivity index (χ3n) is 4.27. The molecule has 118 valence electrons. The highest BCUT2D eigenvalue weighted by atomic mass is 16.5. The first-order valence-corrected chi connectivity index (χ1v) is 8.32. The van der Waals surface area contributed by atoms with E-state index in [0.717, 1.165) is 17.7 Å². The number of piperidine rings is 1. The highest BCUT2D eigenvalue weighted by Crippen LogP contribution is 2.20. The van der Waals surface area contributed by atoms with Gasteiger partial charge in [0.1, 0.15) is 5.75 Å². The van der Waals surface area contributed by atoms with Gasteiger partial charge in [0.2, 0.25) is 0 Å². The molecule has 2 nitrogen and oxygen atoms in total. The van der Waals surface area contributed by atoms with Crippen molar-refractivity contribution in [2.75, 3.05) is 25.1 Å². The van der Waals surface area contributed by atoms with Crippen molar-refractivity contribution in [3.8, 4) is 17.6 Å². The van der Waals surface area contributed by atoms with Gasteiger partial charge in [-0.25, -0.2) is 0 Å². The van der Waals surface area contributed by atoms with Crippen LogP contribution >= 0.6 is 0 Å². The van der Waals surface area contributed by atoms with Gasteiger partial charge in [0, 0.05) is 30.8 Å². The molecule has 23 heavy (non-hydrogen) atoms. The van der Waals surface area contributed by atoms with E-state index in [1.807, 2.05) is 12.1 Å². The second-order valence-electron chi connectivity index (χ2n) is 5.92. The maximum absolute atomic E-state index is 5.16. The van der Waals surface area contributed by atoms with E-state index in [-0.39, 0.29) is 0 Å². The van der Waals surface area contributed by atoms with Crippen LogP contribution in [0, 0.1) is 11.8 Å². The SMILES string of the molecule is COc1ccc(CC#Cc2ccc(N3CCCCC3)cc2)cc1. The lowest BCUT2D eigenvalue weighted by Crippen LogP contribution is -2.29. The molecule has 1 aliphatic rings. The van der Waals surface area contributed by atoms with Gasteiger partial charge in [-0.15, -0.1) is 0 Å². The largest absolute Gasteiger partial charge is 0.497 e. The molecule has 1 aliphatic heterocycles. The van der Waals surface area contributed by atoms with Crippen LogP contribution in [0.2, 0.25) is 0 Å². The maximum atomic E-state index is 5.16. The minimum Gasteiger partial charge on any atom is -0.497 e. The second-order valence-corrected chi connectivity index (χ2v) is 5.92. The quantitative estimate of drug-likeness (QED) is 0.785. The van der Waals surface area contributed by atoms with Crippen LogP contribution in [0.15, 0.2) is 48.5 Å². The van der Waals surface area contributed by atoms with Crippen molar-refractivity contribution >= 4 is 5.69 Å². The van der Waals surface area contributed by atoms with Crippen molar-refractivity contribution in [2.24, 2.45) is 0 Å². The van der Waals surface area contributed by atoms with E-state index in [1.165, 1.54) is 43.6 Å². The fourth-order valence-corrected chi connectivity index (χ4v) is 2.90. The molecule has 1 heterocycles. The molecule has 0 radical (unpaired) electrons. The van der Waals surface area contributed by atoms with E-state index >= 15 is 0 Å². The van der Waals surface area contributed by atoms with Gasteiger partial charge in [0.15, 0.2) is 0 Å². The Morgan fingerprint density at radius 1 is 0.913 bits per heavy atom. The molecule has 0 aromatic heterocycles. The van der Waals surface area contributed by atoms with Gasteiger partial charge >= 0.3 is 0 Å². The lowest BCUT2D eigenvalue weighted by atomic mass is 10.1. The lowest BCUT2D eigenvalue weighted by molar-refractivity contribution is 0.414. The summed E-state index contributed by atoms with van der Waals surface area (Å²) in [7, 11) is 1.68. The summed E-state index contributed by atoms with van der Waals surface area (Å²) in [5, 5.41) is 0. The highest BCUT2D eigenvalue weighted by molar-refractivity contribution is 5.51. The lowest BCUT2D eigenvalue weighted by Gasteiger charge is -2.28. The molecular formula is C21H23NO. The van der Waals surface area contributed by atoms with E-state index in [0.29, 0.717) is 0 Å². The summed E-state index contributed by atoms with van der Waals surface area (Å²) >= 11 is 0. The van der Waals surface area contributed by atoms with Crippen molar-refractivity contribution in [1.29, 1.82) is 0 Å². The topological polar surface area (TPSA) is 12.5 Å². The molecule has 2 aromatic carbocycles. The molecule has 0 atom stereocenters. The molecule has 0 aliphatic carbocycles. The van der Waals surface area contributed by atoms with Crippen molar-refractivity contribution in [2.45, 2.75) is 25.7 Å². The number of hydrogen-bond acceptors (Lipinski definition) is 2. The second kappa shape index (κ2) is 7.74. The number of rotatable bonds is 3. The smallest absolute Gasteiger partial charge is 0.118 e. The Labute approximate surface area is 139 Å². The summed E-state index contributed by atoms with van der Waals surface area (Å²) in [4.78, 5) is 2.47. The zero-order chi connectivity index (χ0) is 15.9. The zero-order valence-electron chi connectivity index (χ0n) is 13.7. The molecule has 0 saturated carbocycles. The Hall–Kier alpha value is -2.40. The molecule has 0 spiro atoms. The van der Waals surface area contributed by atoms with Crippen LogP contribution in [0.1, 0.15) is 30.4 Å². The predicted molar refractivity (Wildman–Crippen MR) is 96.1 cm³/mol. The first kappa shape index (κ1) is 15.5. The van der Waals surface area contributed by atoms with E-state index in [4.69, 9.17) is 4.74 Å².